The number of carbonyl (C=O) groups is 1. The largest absolute Gasteiger partial charge is 0.494 e. The number of nitrogens with zero attached hydrogens (tertiary/aromatic N) is 3. The van der Waals surface area contributed by atoms with Crippen molar-refractivity contribution in [3.8, 4) is 5.75 Å². The molecular weight excluding hydrogens is 326 g/mol. The topological polar surface area (TPSA) is 77.2 Å². The number of hydrogen-bond donors (Lipinski definition) is 1. The molecule has 7 heteroatoms. The first-order valence-electron chi connectivity index (χ1n) is 8.09. The molecule has 6 nitrogen and oxygen atoms in total. The average Bonchev–Trinajstić information content (AvgIpc) is 2.93. The molecule has 1 aromatic carbocycles. The first-order chi connectivity index (χ1) is 11.6. The third-order valence-electron chi connectivity index (χ3n) is 3.57. The van der Waals surface area contributed by atoms with Crippen LogP contribution in [0.25, 0.3) is 0 Å². The normalized spacial score (nSPS) is 10.8. The highest BCUT2D eigenvalue weighted by atomic mass is 32.2. The van der Waals surface area contributed by atoms with Crippen molar-refractivity contribution in [2.24, 2.45) is 7.05 Å². The van der Waals surface area contributed by atoms with Crippen molar-refractivity contribution in [1.82, 2.24) is 14.8 Å². The highest BCUT2D eigenvalue weighted by Crippen LogP contribution is 2.18. The van der Waals surface area contributed by atoms with Crippen molar-refractivity contribution in [2.45, 2.75) is 37.8 Å². The summed E-state index contributed by atoms with van der Waals surface area (Å²) in [6, 6.07) is 6.45. The predicted molar refractivity (Wildman–Crippen MR) is 93.9 cm³/mol. The minimum atomic E-state index is -0.931. The molecule has 0 saturated carbocycles. The maximum Gasteiger partial charge on any atom is 0.335 e. The number of rotatable bonds is 10. The Labute approximate surface area is 146 Å². The van der Waals surface area contributed by atoms with Crippen LogP contribution in [0.15, 0.2) is 29.4 Å². The Kier molecular flexibility index (Phi) is 7.11. The highest BCUT2D eigenvalue weighted by molar-refractivity contribution is 7.99. The fourth-order valence-corrected chi connectivity index (χ4v) is 2.97. The van der Waals surface area contributed by atoms with E-state index in [0.717, 1.165) is 42.4 Å². The zero-order valence-electron chi connectivity index (χ0n) is 14.1. The summed E-state index contributed by atoms with van der Waals surface area (Å²) in [6.45, 7) is 2.75. The van der Waals surface area contributed by atoms with Crippen LogP contribution in [-0.2, 0) is 13.5 Å². The molecular formula is C17H23N3O3S. The number of aryl methyl sites for hydroxylation is 1. The molecule has 1 aromatic heterocycles. The SMILES string of the molecule is CCCCc1nnc(SCCCOc2ccc(C(=O)O)cc2)n1C. The molecule has 1 N–H and O–H groups in total. The van der Waals surface area contributed by atoms with Crippen LogP contribution in [0.3, 0.4) is 0 Å². The third-order valence-corrected chi connectivity index (χ3v) is 4.68. The highest BCUT2D eigenvalue weighted by Gasteiger charge is 2.08. The summed E-state index contributed by atoms with van der Waals surface area (Å²) in [6.07, 6.45) is 4.13. The molecule has 0 bridgehead atoms. The summed E-state index contributed by atoms with van der Waals surface area (Å²) < 4.78 is 7.68. The minimum Gasteiger partial charge on any atom is -0.494 e. The van der Waals surface area contributed by atoms with Gasteiger partial charge in [-0.1, -0.05) is 25.1 Å². The predicted octanol–water partition coefficient (Wildman–Crippen LogP) is 3.42. The molecule has 0 unspecified atom stereocenters. The van der Waals surface area contributed by atoms with Crippen molar-refractivity contribution < 1.29 is 14.6 Å². The third kappa shape index (κ3) is 5.26. The lowest BCUT2D eigenvalue weighted by molar-refractivity contribution is 0.0697. The maximum atomic E-state index is 10.8. The van der Waals surface area contributed by atoms with Crippen LogP contribution in [0.4, 0.5) is 0 Å². The van der Waals surface area contributed by atoms with Gasteiger partial charge in [0.15, 0.2) is 5.16 Å². The molecule has 2 rings (SSSR count). The van der Waals surface area contributed by atoms with E-state index in [1.165, 1.54) is 0 Å². The summed E-state index contributed by atoms with van der Waals surface area (Å²) in [5.74, 6) is 1.69. The molecule has 0 saturated heterocycles. The van der Waals surface area contributed by atoms with E-state index in [1.807, 2.05) is 7.05 Å². The first-order valence-corrected chi connectivity index (χ1v) is 9.07. The number of ether oxygens (including phenoxy) is 1. The van der Waals surface area contributed by atoms with Gasteiger partial charge in [0.1, 0.15) is 11.6 Å². The second-order valence-corrected chi connectivity index (χ2v) is 6.50. The second kappa shape index (κ2) is 9.32. The number of thioether (sulfide) groups is 1. The van der Waals surface area contributed by atoms with Gasteiger partial charge in [-0.15, -0.1) is 10.2 Å². The Morgan fingerprint density at radius 1 is 1.25 bits per heavy atom. The van der Waals surface area contributed by atoms with Crippen molar-refractivity contribution in [2.75, 3.05) is 12.4 Å². The van der Waals surface area contributed by atoms with E-state index >= 15 is 0 Å². The molecule has 0 atom stereocenters. The molecule has 0 radical (unpaired) electrons. The van der Waals surface area contributed by atoms with E-state index in [-0.39, 0.29) is 5.56 Å². The van der Waals surface area contributed by atoms with Crippen LogP contribution >= 0.6 is 11.8 Å². The molecule has 0 fully saturated rings. The Hall–Kier alpha value is -2.02. The lowest BCUT2D eigenvalue weighted by Gasteiger charge is -2.06. The van der Waals surface area contributed by atoms with Crippen LogP contribution in [-0.4, -0.2) is 38.2 Å². The number of carboxylic acids is 1. The van der Waals surface area contributed by atoms with Crippen molar-refractivity contribution in [3.63, 3.8) is 0 Å². The van der Waals surface area contributed by atoms with Gasteiger partial charge in [-0.05, 0) is 37.1 Å². The minimum absolute atomic E-state index is 0.263. The van der Waals surface area contributed by atoms with E-state index in [4.69, 9.17) is 9.84 Å². The number of hydrogen-bond acceptors (Lipinski definition) is 5. The summed E-state index contributed by atoms with van der Waals surface area (Å²) in [5, 5.41) is 18.2. The van der Waals surface area contributed by atoms with E-state index in [1.54, 1.807) is 36.0 Å². The first kappa shape index (κ1) is 18.3. The van der Waals surface area contributed by atoms with Gasteiger partial charge in [-0.2, -0.15) is 0 Å². The van der Waals surface area contributed by atoms with Gasteiger partial charge in [0.2, 0.25) is 0 Å². The van der Waals surface area contributed by atoms with Crippen LogP contribution in [0.5, 0.6) is 5.75 Å². The fourth-order valence-electron chi connectivity index (χ4n) is 2.13. The summed E-state index contributed by atoms with van der Waals surface area (Å²) in [5.41, 5.74) is 0.263. The maximum absolute atomic E-state index is 10.8. The Bertz CT molecular complexity index is 656. The number of carboxylic acid groups (broad SMARTS) is 1. The van der Waals surface area contributed by atoms with Crippen LogP contribution in [0.2, 0.25) is 0 Å². The van der Waals surface area contributed by atoms with E-state index in [2.05, 4.69) is 21.7 Å². The average molecular weight is 349 g/mol. The van der Waals surface area contributed by atoms with Gasteiger partial charge in [0.05, 0.1) is 12.2 Å². The van der Waals surface area contributed by atoms with E-state index in [9.17, 15) is 4.79 Å². The lowest BCUT2D eigenvalue weighted by atomic mass is 10.2. The lowest BCUT2D eigenvalue weighted by Crippen LogP contribution is -2.02. The molecule has 0 aliphatic heterocycles. The zero-order valence-corrected chi connectivity index (χ0v) is 14.9. The Morgan fingerprint density at radius 2 is 2.00 bits per heavy atom. The smallest absolute Gasteiger partial charge is 0.335 e. The second-order valence-electron chi connectivity index (χ2n) is 5.44. The zero-order chi connectivity index (χ0) is 17.4. The van der Waals surface area contributed by atoms with Crippen molar-refractivity contribution in [3.05, 3.63) is 35.7 Å². The molecule has 0 amide bonds. The summed E-state index contributed by atoms with van der Waals surface area (Å²) in [4.78, 5) is 10.8. The molecule has 24 heavy (non-hydrogen) atoms. The summed E-state index contributed by atoms with van der Waals surface area (Å²) >= 11 is 1.67. The Morgan fingerprint density at radius 3 is 2.67 bits per heavy atom. The molecule has 2 aromatic rings. The van der Waals surface area contributed by atoms with Crippen LogP contribution < -0.4 is 4.74 Å². The molecule has 1 heterocycles. The van der Waals surface area contributed by atoms with Gasteiger partial charge in [-0.25, -0.2) is 4.79 Å². The van der Waals surface area contributed by atoms with Crippen molar-refractivity contribution >= 4 is 17.7 Å². The van der Waals surface area contributed by atoms with E-state index < -0.39 is 5.97 Å². The number of aromatic nitrogens is 3. The molecule has 0 aliphatic carbocycles. The van der Waals surface area contributed by atoms with Gasteiger partial charge < -0.3 is 14.4 Å². The molecule has 0 spiro atoms. The van der Waals surface area contributed by atoms with Crippen LogP contribution in [0, 0.1) is 0 Å². The van der Waals surface area contributed by atoms with Gasteiger partial charge in [0, 0.05) is 19.2 Å². The number of benzene rings is 1. The molecule has 130 valence electrons. The van der Waals surface area contributed by atoms with Crippen molar-refractivity contribution in [1.29, 1.82) is 0 Å². The molecule has 0 aliphatic rings. The fraction of sp³-hybridized carbons (Fsp3) is 0.471. The number of aromatic carboxylic acids is 1. The van der Waals surface area contributed by atoms with Gasteiger partial charge in [0.25, 0.3) is 0 Å². The Balaban J connectivity index is 1.69. The monoisotopic (exact) mass is 349 g/mol. The summed E-state index contributed by atoms with van der Waals surface area (Å²) in [7, 11) is 2.01. The quantitative estimate of drug-likeness (QED) is 0.523. The number of unbranched alkanes of at least 4 members (excludes halogenated alkanes) is 1. The van der Waals surface area contributed by atoms with Crippen LogP contribution in [0.1, 0.15) is 42.4 Å². The van der Waals surface area contributed by atoms with E-state index in [0.29, 0.717) is 12.4 Å². The standard InChI is InChI=1S/C17H23N3O3S/c1-3-4-6-15-18-19-17(20(15)2)24-12-5-11-23-14-9-7-13(8-10-14)16(21)22/h7-10H,3-6,11-12H2,1-2H3,(H,21,22). The van der Waals surface area contributed by atoms with Gasteiger partial charge >= 0.3 is 5.97 Å². The van der Waals surface area contributed by atoms with Gasteiger partial charge in [-0.3, -0.25) is 0 Å².